The summed E-state index contributed by atoms with van der Waals surface area (Å²) in [5.74, 6) is -17.3. The Morgan fingerprint density at radius 1 is 0.608 bits per heavy atom. The molecule has 19 N–H and O–H groups in total. The number of likely N-dealkylation sites (tertiary alicyclic amines) is 1. The summed E-state index contributed by atoms with van der Waals surface area (Å²) in [5, 5.41) is 73.6. The van der Waals surface area contributed by atoms with E-state index in [9.17, 15) is 87.9 Å². The van der Waals surface area contributed by atoms with E-state index in [-0.39, 0.29) is 44.7 Å². The van der Waals surface area contributed by atoms with E-state index in [2.05, 4.69) is 36.9 Å². The van der Waals surface area contributed by atoms with Gasteiger partial charge in [0.05, 0.1) is 25.0 Å². The Balaban J connectivity index is 2.43. The number of nitrogens with two attached hydrogens (primary N) is 3. The molecule has 1 fully saturated rings. The van der Waals surface area contributed by atoms with Crippen molar-refractivity contribution in [2.24, 2.45) is 28.1 Å². The Morgan fingerprint density at radius 3 is 1.61 bits per heavy atom. The maximum Gasteiger partial charge on any atom is 0.326 e. The van der Waals surface area contributed by atoms with Gasteiger partial charge >= 0.3 is 29.8 Å². The predicted octanol–water partition coefficient (Wildman–Crippen LogP) is -4.81. The van der Waals surface area contributed by atoms with E-state index in [0.29, 0.717) is 18.4 Å². The van der Waals surface area contributed by atoms with Crippen molar-refractivity contribution >= 4 is 83.1 Å². The minimum absolute atomic E-state index is 0.110. The van der Waals surface area contributed by atoms with Gasteiger partial charge in [-0.1, -0.05) is 44.2 Å². The quantitative estimate of drug-likeness (QED) is 0.0172. The van der Waals surface area contributed by atoms with Gasteiger partial charge in [0.25, 0.3) is 0 Å². The molecule has 0 saturated carbocycles. The number of nitrogens with one attached hydrogen (secondary N) is 7. The van der Waals surface area contributed by atoms with Crippen LogP contribution in [0.3, 0.4) is 0 Å². The highest BCUT2D eigenvalue weighted by molar-refractivity contribution is 5.99. The first kappa shape index (κ1) is 66.6. The SMILES string of the molecule is CC(C)C[C@H](NC(=O)[C@H](CC(=O)O)NC(=O)[C@H](CCC(=O)O)NC(=O)[C@@H]1CCCN1C(=O)[C@@H](N)CCCN=C(N)N)C(=O)N[C@@H](CCC(=O)O)C(=O)N[C@@H](Cc1ccccc1)C(=O)N[C@H](C(=O)N[C@@H](CC(=O)O)C(=O)O)[C@@H](C)O. The van der Waals surface area contributed by atoms with Crippen LogP contribution in [-0.4, -0.2) is 192 Å². The van der Waals surface area contributed by atoms with E-state index in [1.165, 1.54) is 17.0 Å². The topological polar surface area (TPSA) is 521 Å². The number of guanidine groups is 1. The number of rotatable bonds is 35. The van der Waals surface area contributed by atoms with Crippen LogP contribution in [0, 0.1) is 5.92 Å². The number of nitrogens with zero attached hydrogens (tertiary/aromatic N) is 2. The Labute approximate surface area is 452 Å². The zero-order valence-electron chi connectivity index (χ0n) is 43.8. The van der Waals surface area contributed by atoms with Crippen LogP contribution >= 0.6 is 0 Å². The van der Waals surface area contributed by atoms with E-state index >= 15 is 0 Å². The minimum Gasteiger partial charge on any atom is -0.481 e. The average Bonchev–Trinajstić information content (AvgIpc) is 3.86. The first-order valence-corrected chi connectivity index (χ1v) is 25.1. The highest BCUT2D eigenvalue weighted by Crippen LogP contribution is 2.20. The number of aliphatic hydroxyl groups is 1. The molecule has 31 heteroatoms. The van der Waals surface area contributed by atoms with E-state index in [0.717, 1.165) is 6.92 Å². The predicted molar refractivity (Wildman–Crippen MR) is 273 cm³/mol. The van der Waals surface area contributed by atoms with Gasteiger partial charge in [-0.15, -0.1) is 0 Å². The summed E-state index contributed by atoms with van der Waals surface area (Å²) in [6, 6.07) is -7.19. The van der Waals surface area contributed by atoms with Gasteiger partial charge in [0.1, 0.15) is 48.3 Å². The third kappa shape index (κ3) is 24.2. The number of aliphatic imine (C=N–C) groups is 1. The molecule has 1 aromatic rings. The van der Waals surface area contributed by atoms with Crippen LogP contribution in [0.2, 0.25) is 0 Å². The highest BCUT2D eigenvalue weighted by atomic mass is 16.4. The number of carboxylic acid groups (broad SMARTS) is 5. The number of benzene rings is 1. The zero-order valence-corrected chi connectivity index (χ0v) is 43.8. The van der Waals surface area contributed by atoms with Crippen molar-refractivity contribution < 1.29 is 93.0 Å². The number of hydrogen-bond acceptors (Lipinski definition) is 16. The van der Waals surface area contributed by atoms with Gasteiger partial charge < -0.3 is 90.0 Å². The third-order valence-corrected chi connectivity index (χ3v) is 12.0. The van der Waals surface area contributed by atoms with Crippen molar-refractivity contribution in [2.75, 3.05) is 13.1 Å². The maximum absolute atomic E-state index is 14.1. The molecule has 1 aromatic carbocycles. The highest BCUT2D eigenvalue weighted by Gasteiger charge is 2.40. The van der Waals surface area contributed by atoms with E-state index in [4.69, 9.17) is 22.3 Å². The number of aliphatic hydroxyl groups excluding tert-OH is 1. The number of carbonyl (C=O) groups is 13. The van der Waals surface area contributed by atoms with Gasteiger partial charge in [0, 0.05) is 32.4 Å². The Bertz CT molecular complexity index is 2390. The average molecular weight is 1120 g/mol. The fraction of sp³-hybridized carbons (Fsp3) is 0.583. The van der Waals surface area contributed by atoms with Gasteiger partial charge in [0.15, 0.2) is 5.96 Å². The lowest BCUT2D eigenvalue weighted by Crippen LogP contribution is -2.61. The molecule has 0 unspecified atom stereocenters. The van der Waals surface area contributed by atoms with Crippen molar-refractivity contribution in [3.05, 3.63) is 35.9 Å². The lowest BCUT2D eigenvalue weighted by atomic mass is 10.0. The number of carboxylic acids is 5. The Morgan fingerprint density at radius 2 is 1.09 bits per heavy atom. The first-order chi connectivity index (χ1) is 37.0. The summed E-state index contributed by atoms with van der Waals surface area (Å²) >= 11 is 0. The van der Waals surface area contributed by atoms with Crippen LogP contribution in [0.25, 0.3) is 0 Å². The molecule has 1 aliphatic heterocycles. The molecule has 1 heterocycles. The first-order valence-electron chi connectivity index (χ1n) is 25.1. The molecule has 31 nitrogen and oxygen atoms in total. The van der Waals surface area contributed by atoms with E-state index < -0.39 is 182 Å². The molecule has 1 aliphatic rings. The lowest BCUT2D eigenvalue weighted by molar-refractivity contribution is -0.148. The molecule has 0 aliphatic carbocycles. The molecule has 10 atom stereocenters. The molecule has 0 bridgehead atoms. The second kappa shape index (κ2) is 33.0. The minimum atomic E-state index is -2.01. The fourth-order valence-corrected chi connectivity index (χ4v) is 8.03. The largest absolute Gasteiger partial charge is 0.481 e. The van der Waals surface area contributed by atoms with Gasteiger partial charge in [-0.3, -0.25) is 62.5 Å². The molecule has 8 amide bonds. The number of amides is 8. The molecule has 438 valence electrons. The van der Waals surface area contributed by atoms with Crippen molar-refractivity contribution in [1.82, 2.24) is 42.1 Å². The summed E-state index contributed by atoms with van der Waals surface area (Å²) in [5.41, 5.74) is 17.2. The summed E-state index contributed by atoms with van der Waals surface area (Å²) in [6.07, 6.45) is -6.29. The molecule has 1 saturated heterocycles. The molecule has 2 rings (SSSR count). The monoisotopic (exact) mass is 1120 g/mol. The van der Waals surface area contributed by atoms with Crippen LogP contribution in [0.5, 0.6) is 0 Å². The van der Waals surface area contributed by atoms with Crippen molar-refractivity contribution in [2.45, 2.75) is 158 Å². The smallest absolute Gasteiger partial charge is 0.326 e. The number of hydrogen-bond donors (Lipinski definition) is 16. The Kier molecular flexibility index (Phi) is 27.8. The van der Waals surface area contributed by atoms with Gasteiger partial charge in [0.2, 0.25) is 47.3 Å². The summed E-state index contributed by atoms with van der Waals surface area (Å²) in [4.78, 5) is 174. The fourth-order valence-electron chi connectivity index (χ4n) is 8.03. The Hall–Kier alpha value is -8.48. The molecular weight excluding hydrogens is 1050 g/mol. The van der Waals surface area contributed by atoms with Crippen molar-refractivity contribution in [1.29, 1.82) is 0 Å². The summed E-state index contributed by atoms with van der Waals surface area (Å²) in [6.45, 7) is 4.54. The second-order valence-electron chi connectivity index (χ2n) is 19.1. The van der Waals surface area contributed by atoms with Gasteiger partial charge in [-0.2, -0.15) is 0 Å². The van der Waals surface area contributed by atoms with Gasteiger partial charge in [-0.05, 0) is 63.4 Å². The van der Waals surface area contributed by atoms with E-state index in [1.807, 2.05) is 5.32 Å². The summed E-state index contributed by atoms with van der Waals surface area (Å²) < 4.78 is 0. The molecule has 0 aromatic heterocycles. The molecule has 0 spiro atoms. The van der Waals surface area contributed by atoms with Gasteiger partial charge in [-0.25, -0.2) is 4.79 Å². The van der Waals surface area contributed by atoms with E-state index in [1.54, 1.807) is 32.0 Å². The van der Waals surface area contributed by atoms with Crippen LogP contribution in [0.15, 0.2) is 35.3 Å². The van der Waals surface area contributed by atoms with Crippen LogP contribution in [0.1, 0.15) is 97.0 Å². The third-order valence-electron chi connectivity index (χ3n) is 12.0. The normalized spacial score (nSPS) is 16.3. The summed E-state index contributed by atoms with van der Waals surface area (Å²) in [7, 11) is 0. The number of aliphatic carboxylic acids is 5. The van der Waals surface area contributed by atoms with Crippen LogP contribution in [-0.2, 0) is 68.7 Å². The van der Waals surface area contributed by atoms with Crippen molar-refractivity contribution in [3.63, 3.8) is 0 Å². The van der Waals surface area contributed by atoms with Crippen molar-refractivity contribution in [3.8, 4) is 0 Å². The second-order valence-corrected chi connectivity index (χ2v) is 19.1. The van der Waals surface area contributed by atoms with Crippen LogP contribution < -0.4 is 54.4 Å². The zero-order chi connectivity index (χ0) is 59.7. The molecule has 79 heavy (non-hydrogen) atoms. The van der Waals surface area contributed by atoms with Crippen LogP contribution in [0.4, 0.5) is 0 Å². The standard InChI is InChI=1S/C48H72N12O19/c1-23(2)19-29(55-42(73)31(21-36(66)67)57-40(71)28(14-16-35(64)65)54-44(75)33-12-8-18-60(33)46(77)26(49)11-7-17-52-48(50)51)41(72)53-27(13-15-34(62)63)39(70)56-30(20-25-9-5-4-6-10-25)43(74)59-38(24(3)61)45(76)58-32(47(78)79)22-37(68)69/h4-6,9-10,23-24,26-33,38,61H,7-8,11-22,49H2,1-3H3,(H,53,72)(H,54,75)(H,55,73)(H,56,70)(H,57,71)(H,58,76)(H,59,74)(H,62,63)(H,64,65)(H,66,67)(H,68,69)(H,78,79)(H4,50,51,52)/t24-,26+,27+,28+,29+,30+,31+,32+,33+,38+/m1/s1. The maximum atomic E-state index is 14.1. The molecular formula is C48H72N12O19. The molecule has 0 radical (unpaired) electrons. The number of carbonyl (C=O) groups excluding carboxylic acids is 8. The lowest BCUT2D eigenvalue weighted by Gasteiger charge is -2.29.